The molecule has 1 rings (SSSR count). The molecule has 0 unspecified atom stereocenters. The van der Waals surface area contributed by atoms with E-state index in [-0.39, 0.29) is 5.04 Å². The maximum Gasteiger partial charge on any atom is 0.250 e. The van der Waals surface area contributed by atoms with Crippen LogP contribution >= 0.6 is 0 Å². The zero-order valence-corrected chi connectivity index (χ0v) is 14.2. The van der Waals surface area contributed by atoms with E-state index in [0.29, 0.717) is 0 Å². The van der Waals surface area contributed by atoms with Gasteiger partial charge in [-0.3, -0.25) is 0 Å². The van der Waals surface area contributed by atoms with Crippen LogP contribution in [-0.2, 0) is 0 Å². The standard InChI is InChI=1S/C16H26O2Si/c1-8-9-13-10-11-14(15(12-13)17-5)18-19(6,7)16(2,3)4/h8-12H,1-7H3/b9-8-. The molecule has 0 heterocycles. The predicted octanol–water partition coefficient (Wildman–Crippen LogP) is 5.11. The highest BCUT2D eigenvalue weighted by Gasteiger charge is 2.39. The van der Waals surface area contributed by atoms with Gasteiger partial charge in [-0.1, -0.05) is 39.0 Å². The van der Waals surface area contributed by atoms with Crippen LogP contribution in [0.4, 0.5) is 0 Å². The molecule has 0 atom stereocenters. The lowest BCUT2D eigenvalue weighted by molar-refractivity contribution is 0.386. The fourth-order valence-electron chi connectivity index (χ4n) is 1.49. The highest BCUT2D eigenvalue weighted by molar-refractivity contribution is 6.74. The summed E-state index contributed by atoms with van der Waals surface area (Å²) in [6.07, 6.45) is 4.07. The number of ether oxygens (including phenoxy) is 1. The van der Waals surface area contributed by atoms with Crippen molar-refractivity contribution in [1.82, 2.24) is 0 Å². The summed E-state index contributed by atoms with van der Waals surface area (Å²) >= 11 is 0. The van der Waals surface area contributed by atoms with Gasteiger partial charge in [0.05, 0.1) is 7.11 Å². The molecule has 0 aliphatic heterocycles. The first-order valence-corrected chi connectivity index (χ1v) is 9.62. The van der Waals surface area contributed by atoms with Crippen LogP contribution in [0, 0.1) is 0 Å². The van der Waals surface area contributed by atoms with Crippen molar-refractivity contribution in [3.63, 3.8) is 0 Å². The van der Waals surface area contributed by atoms with E-state index in [9.17, 15) is 0 Å². The molecule has 0 aromatic heterocycles. The van der Waals surface area contributed by atoms with Crippen molar-refractivity contribution in [2.45, 2.75) is 45.8 Å². The third-order valence-corrected chi connectivity index (χ3v) is 8.06. The minimum Gasteiger partial charge on any atom is -0.541 e. The second-order valence-electron chi connectivity index (χ2n) is 6.27. The number of rotatable bonds is 4. The molecule has 1 aromatic carbocycles. The van der Waals surface area contributed by atoms with E-state index in [1.165, 1.54) is 0 Å². The van der Waals surface area contributed by atoms with Gasteiger partial charge in [-0.15, -0.1) is 0 Å². The molecule has 0 spiro atoms. The first-order chi connectivity index (χ1) is 8.71. The lowest BCUT2D eigenvalue weighted by Gasteiger charge is -2.36. The lowest BCUT2D eigenvalue weighted by Crippen LogP contribution is -2.43. The van der Waals surface area contributed by atoms with Crippen molar-refractivity contribution in [1.29, 1.82) is 0 Å². The Bertz CT molecular complexity index is 456. The fraction of sp³-hybridized carbons (Fsp3) is 0.500. The van der Waals surface area contributed by atoms with E-state index in [1.54, 1.807) is 7.11 Å². The summed E-state index contributed by atoms with van der Waals surface area (Å²) in [5, 5.41) is 0.181. The normalized spacial score (nSPS) is 12.8. The van der Waals surface area contributed by atoms with Gasteiger partial charge in [0.2, 0.25) is 0 Å². The van der Waals surface area contributed by atoms with Crippen molar-refractivity contribution < 1.29 is 9.16 Å². The monoisotopic (exact) mass is 278 g/mol. The van der Waals surface area contributed by atoms with Gasteiger partial charge in [-0.25, -0.2) is 0 Å². The van der Waals surface area contributed by atoms with Crippen LogP contribution in [0.3, 0.4) is 0 Å². The summed E-state index contributed by atoms with van der Waals surface area (Å²) in [6.45, 7) is 13.2. The van der Waals surface area contributed by atoms with Crippen LogP contribution in [0.2, 0.25) is 18.1 Å². The zero-order valence-electron chi connectivity index (χ0n) is 13.2. The predicted molar refractivity (Wildman–Crippen MR) is 85.5 cm³/mol. The molecule has 0 fully saturated rings. The minimum absolute atomic E-state index is 0.181. The van der Waals surface area contributed by atoms with E-state index >= 15 is 0 Å². The molecule has 1 aromatic rings. The summed E-state index contributed by atoms with van der Waals surface area (Å²) in [6, 6.07) is 6.09. The molecule has 0 aliphatic rings. The minimum atomic E-state index is -1.83. The third kappa shape index (κ3) is 3.87. The number of allylic oxidation sites excluding steroid dienone is 1. The Kier molecular flexibility index (Phi) is 4.85. The molecule has 0 aliphatic carbocycles. The van der Waals surface area contributed by atoms with Crippen LogP contribution in [0.15, 0.2) is 24.3 Å². The van der Waals surface area contributed by atoms with Gasteiger partial charge >= 0.3 is 0 Å². The van der Waals surface area contributed by atoms with E-state index in [1.807, 2.05) is 25.1 Å². The third-order valence-electron chi connectivity index (χ3n) is 3.72. The molecule has 2 nitrogen and oxygen atoms in total. The molecule has 0 N–H and O–H groups in total. The average molecular weight is 278 g/mol. The van der Waals surface area contributed by atoms with Gasteiger partial charge in [0, 0.05) is 0 Å². The Morgan fingerprint density at radius 2 is 1.74 bits per heavy atom. The van der Waals surface area contributed by atoms with Gasteiger partial charge in [-0.05, 0) is 42.8 Å². The van der Waals surface area contributed by atoms with Crippen molar-refractivity contribution in [3.8, 4) is 11.5 Å². The molecular weight excluding hydrogens is 252 g/mol. The van der Waals surface area contributed by atoms with E-state index in [4.69, 9.17) is 9.16 Å². The highest BCUT2D eigenvalue weighted by Crippen LogP contribution is 2.40. The molecule has 106 valence electrons. The fourth-order valence-corrected chi connectivity index (χ4v) is 2.52. The van der Waals surface area contributed by atoms with Gasteiger partial charge in [0.1, 0.15) is 5.75 Å². The topological polar surface area (TPSA) is 18.5 Å². The quantitative estimate of drug-likeness (QED) is 0.712. The van der Waals surface area contributed by atoms with Gasteiger partial charge in [-0.2, -0.15) is 0 Å². The van der Waals surface area contributed by atoms with Crippen LogP contribution in [0.1, 0.15) is 33.3 Å². The summed E-state index contributed by atoms with van der Waals surface area (Å²) in [7, 11) is -0.140. The van der Waals surface area contributed by atoms with Crippen molar-refractivity contribution in [3.05, 3.63) is 29.8 Å². The van der Waals surface area contributed by atoms with Gasteiger partial charge in [0.25, 0.3) is 8.32 Å². The molecule has 0 amide bonds. The van der Waals surface area contributed by atoms with Gasteiger partial charge in [0.15, 0.2) is 5.75 Å². The van der Waals surface area contributed by atoms with E-state index < -0.39 is 8.32 Å². The van der Waals surface area contributed by atoms with Crippen LogP contribution in [0.25, 0.3) is 6.08 Å². The van der Waals surface area contributed by atoms with Crippen LogP contribution < -0.4 is 9.16 Å². The van der Waals surface area contributed by atoms with Crippen molar-refractivity contribution in [2.24, 2.45) is 0 Å². The average Bonchev–Trinajstić information content (AvgIpc) is 2.29. The first kappa shape index (κ1) is 15.8. The Labute approximate surface area is 118 Å². The first-order valence-electron chi connectivity index (χ1n) is 6.71. The second-order valence-corrected chi connectivity index (χ2v) is 11.0. The number of methoxy groups -OCH3 is 1. The Morgan fingerprint density at radius 1 is 1.11 bits per heavy atom. The van der Waals surface area contributed by atoms with Crippen LogP contribution in [-0.4, -0.2) is 15.4 Å². The Balaban J connectivity index is 3.08. The summed E-state index contributed by atoms with van der Waals surface area (Å²) in [5.74, 6) is 1.66. The smallest absolute Gasteiger partial charge is 0.250 e. The summed E-state index contributed by atoms with van der Waals surface area (Å²) in [4.78, 5) is 0. The molecule has 0 radical (unpaired) electrons. The van der Waals surface area contributed by atoms with Crippen molar-refractivity contribution >= 4 is 14.4 Å². The van der Waals surface area contributed by atoms with Crippen molar-refractivity contribution in [2.75, 3.05) is 7.11 Å². The summed E-state index contributed by atoms with van der Waals surface area (Å²) in [5.41, 5.74) is 1.13. The maximum atomic E-state index is 6.31. The lowest BCUT2D eigenvalue weighted by atomic mass is 10.2. The summed E-state index contributed by atoms with van der Waals surface area (Å²) < 4.78 is 11.8. The SMILES string of the molecule is C/C=C\c1ccc(O[Si](C)(C)C(C)(C)C)c(OC)c1. The molecule has 0 bridgehead atoms. The van der Waals surface area contributed by atoms with Crippen LogP contribution in [0.5, 0.6) is 11.5 Å². The maximum absolute atomic E-state index is 6.31. The Morgan fingerprint density at radius 3 is 2.21 bits per heavy atom. The van der Waals surface area contributed by atoms with E-state index in [0.717, 1.165) is 17.1 Å². The highest BCUT2D eigenvalue weighted by atomic mass is 28.4. The second kappa shape index (κ2) is 5.82. The molecule has 0 saturated carbocycles. The Hall–Kier alpha value is -1.22. The number of hydrogen-bond acceptors (Lipinski definition) is 2. The van der Waals surface area contributed by atoms with E-state index in [2.05, 4.69) is 46.0 Å². The molecule has 3 heteroatoms. The number of hydrogen-bond donors (Lipinski definition) is 0. The van der Waals surface area contributed by atoms with Gasteiger partial charge < -0.3 is 9.16 Å². The largest absolute Gasteiger partial charge is 0.541 e. The molecule has 19 heavy (non-hydrogen) atoms. The zero-order chi connectivity index (χ0) is 14.7. The molecular formula is C16H26O2Si. The molecule has 0 saturated heterocycles. The number of benzene rings is 1.